The van der Waals surface area contributed by atoms with Crippen LogP contribution in [0.3, 0.4) is 0 Å². The molecule has 5 rings (SSSR count). The van der Waals surface area contributed by atoms with E-state index in [1.165, 1.54) is 16.8 Å². The van der Waals surface area contributed by atoms with Gasteiger partial charge in [0.05, 0.1) is 5.56 Å². The van der Waals surface area contributed by atoms with Crippen LogP contribution in [0.1, 0.15) is 39.0 Å². The SMILES string of the molecule is NC(=O)c1ccccc1-c1ccc(CN2CCCc3cc(C(O)=[NH+]Cc4ccc(Br)cc4)ccc32)cc1. The van der Waals surface area contributed by atoms with Gasteiger partial charge in [-0.2, -0.15) is 0 Å². The lowest BCUT2D eigenvalue weighted by molar-refractivity contribution is -0.483. The molecule has 4 N–H and O–H groups in total. The zero-order chi connectivity index (χ0) is 25.8. The maximum Gasteiger partial charge on any atom is 0.366 e. The Bertz CT molecular complexity index is 1450. The predicted octanol–water partition coefficient (Wildman–Crippen LogP) is 4.75. The zero-order valence-corrected chi connectivity index (χ0v) is 22.0. The van der Waals surface area contributed by atoms with Gasteiger partial charge in [-0.1, -0.05) is 70.5 Å². The Hall–Kier alpha value is -3.90. The van der Waals surface area contributed by atoms with E-state index < -0.39 is 5.91 Å². The molecular weight excluding hydrogens is 526 g/mol. The number of nitrogens with one attached hydrogen (secondary N) is 1. The van der Waals surface area contributed by atoms with E-state index >= 15 is 0 Å². The lowest BCUT2D eigenvalue weighted by Gasteiger charge is -2.31. The number of aliphatic hydroxyl groups excluding tert-OH is 1. The molecule has 1 aliphatic rings. The molecule has 0 bridgehead atoms. The second-order valence-electron chi connectivity index (χ2n) is 9.30. The van der Waals surface area contributed by atoms with Crippen LogP contribution in [-0.2, 0) is 19.5 Å². The van der Waals surface area contributed by atoms with E-state index in [0.717, 1.165) is 52.7 Å². The second kappa shape index (κ2) is 11.0. The van der Waals surface area contributed by atoms with Crippen LogP contribution in [0.25, 0.3) is 11.1 Å². The zero-order valence-electron chi connectivity index (χ0n) is 20.5. The number of primary amides is 1. The fourth-order valence-electron chi connectivity index (χ4n) is 4.84. The monoisotopic (exact) mass is 554 g/mol. The normalized spacial score (nSPS) is 13.3. The summed E-state index contributed by atoms with van der Waals surface area (Å²) in [7, 11) is 0. The molecule has 0 saturated carbocycles. The van der Waals surface area contributed by atoms with Gasteiger partial charge in [0.15, 0.2) is 6.54 Å². The van der Waals surface area contributed by atoms with E-state index in [1.54, 1.807) is 6.07 Å². The Balaban J connectivity index is 1.30. The Kier molecular flexibility index (Phi) is 7.37. The van der Waals surface area contributed by atoms with Crippen molar-refractivity contribution in [3.63, 3.8) is 0 Å². The minimum absolute atomic E-state index is 0.190. The van der Waals surface area contributed by atoms with Gasteiger partial charge in [-0.05, 0) is 71.5 Å². The number of rotatable bonds is 7. The molecule has 0 fully saturated rings. The van der Waals surface area contributed by atoms with Gasteiger partial charge in [0.2, 0.25) is 5.91 Å². The molecule has 186 valence electrons. The van der Waals surface area contributed by atoms with Crippen LogP contribution < -0.4 is 15.6 Å². The lowest BCUT2D eigenvalue weighted by atomic mass is 9.97. The third-order valence-electron chi connectivity index (χ3n) is 6.77. The molecule has 0 radical (unpaired) electrons. The standard InChI is InChI=1S/C31H28BrN3O2/c32-26-14-9-21(10-15-26)19-34-31(37)25-13-16-29-24(18-25)4-3-17-35(29)20-22-7-11-23(12-8-22)27-5-1-2-6-28(27)30(33)36/h1-2,5-16,18H,3-4,17,19-20H2,(H2,33,36)(H,34,37)/p+1. The van der Waals surface area contributed by atoms with Crippen molar-refractivity contribution in [3.05, 3.63) is 123 Å². The molecule has 0 saturated heterocycles. The molecule has 37 heavy (non-hydrogen) atoms. The number of aryl methyl sites for hydroxylation is 1. The smallest absolute Gasteiger partial charge is 0.366 e. The third kappa shape index (κ3) is 5.75. The molecule has 0 atom stereocenters. The van der Waals surface area contributed by atoms with E-state index in [0.29, 0.717) is 12.1 Å². The number of aliphatic hydroxyl groups is 1. The van der Waals surface area contributed by atoms with E-state index in [-0.39, 0.29) is 5.90 Å². The highest BCUT2D eigenvalue weighted by Crippen LogP contribution is 2.30. The maximum absolute atomic E-state index is 11.8. The van der Waals surface area contributed by atoms with Crippen LogP contribution in [0.2, 0.25) is 0 Å². The van der Waals surface area contributed by atoms with Gasteiger partial charge >= 0.3 is 5.90 Å². The molecule has 1 heterocycles. The first kappa shape index (κ1) is 24.8. The summed E-state index contributed by atoms with van der Waals surface area (Å²) >= 11 is 3.45. The molecule has 0 aliphatic carbocycles. The topological polar surface area (TPSA) is 80.5 Å². The van der Waals surface area contributed by atoms with Crippen molar-refractivity contribution < 1.29 is 14.9 Å². The van der Waals surface area contributed by atoms with E-state index in [1.807, 2.05) is 48.5 Å². The summed E-state index contributed by atoms with van der Waals surface area (Å²) in [5.41, 5.74) is 13.5. The molecule has 5 nitrogen and oxygen atoms in total. The van der Waals surface area contributed by atoms with Crippen LogP contribution in [-0.4, -0.2) is 23.5 Å². The summed E-state index contributed by atoms with van der Waals surface area (Å²) in [5, 5.41) is 10.7. The van der Waals surface area contributed by atoms with Gasteiger partial charge in [-0.25, -0.2) is 4.99 Å². The Labute approximate surface area is 225 Å². The highest BCUT2D eigenvalue weighted by atomic mass is 79.9. The summed E-state index contributed by atoms with van der Waals surface area (Å²) < 4.78 is 1.04. The van der Waals surface area contributed by atoms with Gasteiger partial charge in [0.1, 0.15) is 0 Å². The van der Waals surface area contributed by atoms with Gasteiger partial charge in [0, 0.05) is 34.4 Å². The molecule has 4 aromatic carbocycles. The van der Waals surface area contributed by atoms with Crippen molar-refractivity contribution in [1.29, 1.82) is 0 Å². The number of carbonyl (C=O) groups is 1. The van der Waals surface area contributed by atoms with Crippen molar-refractivity contribution in [2.24, 2.45) is 5.73 Å². The molecule has 4 aromatic rings. The number of hydrogen-bond acceptors (Lipinski definition) is 2. The third-order valence-corrected chi connectivity index (χ3v) is 7.30. The molecule has 0 spiro atoms. The number of anilines is 1. The summed E-state index contributed by atoms with van der Waals surface area (Å²) in [6.45, 7) is 2.33. The van der Waals surface area contributed by atoms with Gasteiger partial charge in [-0.15, -0.1) is 0 Å². The number of amides is 1. The largest absolute Gasteiger partial charge is 0.460 e. The van der Waals surface area contributed by atoms with E-state index in [9.17, 15) is 9.90 Å². The van der Waals surface area contributed by atoms with E-state index in [4.69, 9.17) is 5.73 Å². The number of halogens is 1. The maximum atomic E-state index is 11.8. The van der Waals surface area contributed by atoms with Crippen molar-refractivity contribution in [2.45, 2.75) is 25.9 Å². The van der Waals surface area contributed by atoms with Crippen LogP contribution in [0.4, 0.5) is 5.69 Å². The van der Waals surface area contributed by atoms with Crippen LogP contribution in [0.5, 0.6) is 0 Å². The quantitative estimate of drug-likeness (QED) is 0.228. The van der Waals surface area contributed by atoms with Crippen molar-refractivity contribution in [2.75, 3.05) is 11.4 Å². The average molecular weight is 555 g/mol. The highest BCUT2D eigenvalue weighted by Gasteiger charge is 2.20. The van der Waals surface area contributed by atoms with Crippen LogP contribution in [0, 0.1) is 0 Å². The number of nitrogens with zero attached hydrogens (tertiary/aromatic N) is 1. The average Bonchev–Trinajstić information content (AvgIpc) is 2.93. The second-order valence-corrected chi connectivity index (χ2v) is 10.2. The van der Waals surface area contributed by atoms with Gasteiger partial charge in [-0.3, -0.25) is 4.79 Å². The van der Waals surface area contributed by atoms with Gasteiger partial charge in [0.25, 0.3) is 0 Å². The Morgan fingerprint density at radius 3 is 2.43 bits per heavy atom. The first-order chi connectivity index (χ1) is 18.0. The number of hydrogen-bond donors (Lipinski definition) is 3. The summed E-state index contributed by atoms with van der Waals surface area (Å²) in [5.74, 6) is -0.231. The molecule has 1 aliphatic heterocycles. The lowest BCUT2D eigenvalue weighted by Crippen LogP contribution is -2.71. The van der Waals surface area contributed by atoms with Crippen LogP contribution >= 0.6 is 15.9 Å². The minimum atomic E-state index is -0.421. The minimum Gasteiger partial charge on any atom is -0.460 e. The molecule has 6 heteroatoms. The highest BCUT2D eigenvalue weighted by molar-refractivity contribution is 9.10. The molecule has 1 amide bonds. The first-order valence-electron chi connectivity index (χ1n) is 12.4. The fraction of sp³-hybridized carbons (Fsp3) is 0.161. The molecule has 0 aromatic heterocycles. The molecule has 0 unspecified atom stereocenters. The summed E-state index contributed by atoms with van der Waals surface area (Å²) in [6.07, 6.45) is 2.05. The van der Waals surface area contributed by atoms with Gasteiger partial charge < -0.3 is 15.7 Å². The number of fused-ring (bicyclic) bond motifs is 1. The Morgan fingerprint density at radius 2 is 1.68 bits per heavy atom. The van der Waals surface area contributed by atoms with Crippen molar-refractivity contribution in [1.82, 2.24) is 0 Å². The van der Waals surface area contributed by atoms with Crippen LogP contribution in [0.15, 0.2) is 95.5 Å². The van der Waals surface area contributed by atoms with Crippen molar-refractivity contribution in [3.8, 4) is 11.1 Å². The summed E-state index contributed by atoms with van der Waals surface area (Å²) in [4.78, 5) is 17.3. The van der Waals surface area contributed by atoms with E-state index in [2.05, 4.69) is 62.2 Å². The Morgan fingerprint density at radius 1 is 0.946 bits per heavy atom. The number of nitrogens with two attached hydrogens (primary N) is 1. The number of benzene rings is 4. The fourth-order valence-corrected chi connectivity index (χ4v) is 5.10. The van der Waals surface area contributed by atoms with Crippen molar-refractivity contribution >= 4 is 33.4 Å². The predicted molar refractivity (Wildman–Crippen MR) is 152 cm³/mol. The summed E-state index contributed by atoms with van der Waals surface area (Å²) in [6, 6.07) is 30.0. The number of carbonyl (C=O) groups excluding carboxylic acids is 1. The molecular formula is C31H29BrN3O2+. The first-order valence-corrected chi connectivity index (χ1v) is 13.2.